The maximum atomic E-state index is 12.8. The third-order valence-electron chi connectivity index (χ3n) is 3.36. The van der Waals surface area contributed by atoms with Crippen LogP contribution in [0.25, 0.3) is 0 Å². The van der Waals surface area contributed by atoms with E-state index in [1.807, 2.05) is 89.2 Å². The molecule has 0 aliphatic heterocycles. The summed E-state index contributed by atoms with van der Waals surface area (Å²) >= 11 is 0. The van der Waals surface area contributed by atoms with Gasteiger partial charge in [0.2, 0.25) is 0 Å². The molecule has 0 amide bonds. The predicted octanol–water partition coefficient (Wildman–Crippen LogP) is 4.90. The number of ketones is 1. The standard InChI is InChI=1S/C20H24O3/c1-19(2,3)22-23-20(4,5)17-14-10-9-13-16(17)18(21)15-11-7-6-8-12-15/h6-14H,1-5H3. The minimum Gasteiger partial charge on any atom is -0.289 e. The van der Waals surface area contributed by atoms with Crippen LogP contribution in [0.15, 0.2) is 54.6 Å². The second kappa shape index (κ2) is 6.65. The van der Waals surface area contributed by atoms with Crippen molar-refractivity contribution in [3.8, 4) is 0 Å². The van der Waals surface area contributed by atoms with Gasteiger partial charge in [0, 0.05) is 11.1 Å². The Bertz CT molecular complexity index is 667. The highest BCUT2D eigenvalue weighted by atomic mass is 17.2. The lowest BCUT2D eigenvalue weighted by atomic mass is 9.89. The molecule has 0 aliphatic carbocycles. The van der Waals surface area contributed by atoms with Gasteiger partial charge >= 0.3 is 0 Å². The molecule has 0 bridgehead atoms. The molecule has 0 atom stereocenters. The summed E-state index contributed by atoms with van der Waals surface area (Å²) in [6, 6.07) is 16.7. The Labute approximate surface area is 138 Å². The van der Waals surface area contributed by atoms with Crippen LogP contribution in [0.3, 0.4) is 0 Å². The van der Waals surface area contributed by atoms with Gasteiger partial charge in [-0.05, 0) is 40.2 Å². The van der Waals surface area contributed by atoms with E-state index in [1.54, 1.807) is 0 Å². The second-order valence-electron chi connectivity index (χ2n) is 7.03. The van der Waals surface area contributed by atoms with Crippen molar-refractivity contribution in [3.05, 3.63) is 71.3 Å². The van der Waals surface area contributed by atoms with Crippen LogP contribution in [0.5, 0.6) is 0 Å². The van der Waals surface area contributed by atoms with E-state index in [1.165, 1.54) is 0 Å². The first kappa shape index (κ1) is 17.4. The van der Waals surface area contributed by atoms with E-state index in [0.717, 1.165) is 5.56 Å². The van der Waals surface area contributed by atoms with Crippen LogP contribution in [0.1, 0.15) is 56.1 Å². The van der Waals surface area contributed by atoms with Crippen molar-refractivity contribution in [2.24, 2.45) is 0 Å². The molecule has 3 heteroatoms. The highest BCUT2D eigenvalue weighted by Gasteiger charge is 2.30. The molecule has 2 aromatic rings. The molecule has 23 heavy (non-hydrogen) atoms. The number of rotatable bonds is 5. The fourth-order valence-corrected chi connectivity index (χ4v) is 2.23. The van der Waals surface area contributed by atoms with Crippen LogP contribution >= 0.6 is 0 Å². The van der Waals surface area contributed by atoms with Gasteiger partial charge in [-0.2, -0.15) is 0 Å². The Hall–Kier alpha value is -1.97. The van der Waals surface area contributed by atoms with Crippen LogP contribution in [0, 0.1) is 0 Å². The second-order valence-corrected chi connectivity index (χ2v) is 7.03. The van der Waals surface area contributed by atoms with E-state index in [2.05, 4.69) is 0 Å². The lowest BCUT2D eigenvalue weighted by Crippen LogP contribution is -2.30. The van der Waals surface area contributed by atoms with Crippen molar-refractivity contribution < 1.29 is 14.6 Å². The first-order valence-corrected chi connectivity index (χ1v) is 7.77. The van der Waals surface area contributed by atoms with E-state index in [4.69, 9.17) is 9.78 Å². The Morgan fingerprint density at radius 1 is 0.783 bits per heavy atom. The Balaban J connectivity index is 2.35. The highest BCUT2D eigenvalue weighted by Crippen LogP contribution is 2.31. The average Bonchev–Trinajstić information content (AvgIpc) is 2.53. The van der Waals surface area contributed by atoms with Gasteiger partial charge in [0.15, 0.2) is 5.78 Å². The van der Waals surface area contributed by atoms with Gasteiger partial charge in [-0.3, -0.25) is 4.79 Å². The predicted molar refractivity (Wildman–Crippen MR) is 91.3 cm³/mol. The molecule has 0 spiro atoms. The summed E-state index contributed by atoms with van der Waals surface area (Å²) in [4.78, 5) is 24.0. The van der Waals surface area contributed by atoms with Gasteiger partial charge in [0.25, 0.3) is 0 Å². The Kier molecular flexibility index (Phi) is 5.03. The molecule has 0 aromatic heterocycles. The number of carbonyl (C=O) groups excluding carboxylic acids is 1. The zero-order chi connectivity index (χ0) is 17.1. The van der Waals surface area contributed by atoms with Crippen molar-refractivity contribution in [2.75, 3.05) is 0 Å². The van der Waals surface area contributed by atoms with Gasteiger partial charge in [-0.1, -0.05) is 54.6 Å². The summed E-state index contributed by atoms with van der Waals surface area (Å²) in [5.74, 6) is -0.0198. The largest absolute Gasteiger partial charge is 0.289 e. The van der Waals surface area contributed by atoms with Gasteiger partial charge in [0.05, 0.1) is 5.60 Å². The highest BCUT2D eigenvalue weighted by molar-refractivity contribution is 6.10. The van der Waals surface area contributed by atoms with Crippen LogP contribution in [-0.2, 0) is 15.4 Å². The van der Waals surface area contributed by atoms with E-state index >= 15 is 0 Å². The molecule has 0 fully saturated rings. The topological polar surface area (TPSA) is 35.5 Å². The molecule has 0 heterocycles. The summed E-state index contributed by atoms with van der Waals surface area (Å²) in [5, 5.41) is 0. The van der Waals surface area contributed by atoms with Gasteiger partial charge in [-0.15, -0.1) is 0 Å². The zero-order valence-corrected chi connectivity index (χ0v) is 14.4. The average molecular weight is 312 g/mol. The van der Waals surface area contributed by atoms with Crippen LogP contribution in [0.4, 0.5) is 0 Å². The first-order valence-electron chi connectivity index (χ1n) is 7.77. The molecule has 0 radical (unpaired) electrons. The summed E-state index contributed by atoms with van der Waals surface area (Å²) in [7, 11) is 0. The summed E-state index contributed by atoms with van der Waals surface area (Å²) < 4.78 is 0. The number of benzene rings is 2. The molecule has 0 saturated carbocycles. The number of hydrogen-bond acceptors (Lipinski definition) is 3. The normalized spacial score (nSPS) is 12.2. The third-order valence-corrected chi connectivity index (χ3v) is 3.36. The van der Waals surface area contributed by atoms with Gasteiger partial charge < -0.3 is 0 Å². The van der Waals surface area contributed by atoms with Crippen LogP contribution in [-0.4, -0.2) is 11.4 Å². The third kappa shape index (κ3) is 4.50. The molecular formula is C20H24O3. The lowest BCUT2D eigenvalue weighted by Gasteiger charge is -2.30. The molecule has 0 unspecified atom stereocenters. The smallest absolute Gasteiger partial charge is 0.193 e. The molecule has 2 rings (SSSR count). The summed E-state index contributed by atoms with van der Waals surface area (Å²) in [5.41, 5.74) is 0.927. The minimum atomic E-state index is -0.742. The fourth-order valence-electron chi connectivity index (χ4n) is 2.23. The fraction of sp³-hybridized carbons (Fsp3) is 0.350. The quantitative estimate of drug-likeness (QED) is 0.447. The van der Waals surface area contributed by atoms with Gasteiger partial charge in [-0.25, -0.2) is 9.78 Å². The van der Waals surface area contributed by atoms with E-state index in [9.17, 15) is 4.79 Å². The van der Waals surface area contributed by atoms with Crippen molar-refractivity contribution in [1.82, 2.24) is 0 Å². The lowest BCUT2D eigenvalue weighted by molar-refractivity contribution is -0.401. The Morgan fingerprint density at radius 2 is 1.35 bits per heavy atom. The van der Waals surface area contributed by atoms with Crippen molar-refractivity contribution in [2.45, 2.75) is 45.8 Å². The summed E-state index contributed by atoms with van der Waals surface area (Å²) in [6.45, 7) is 9.56. The molecule has 3 nitrogen and oxygen atoms in total. The first-order chi connectivity index (χ1) is 10.7. The molecular weight excluding hydrogens is 288 g/mol. The molecule has 0 aliphatic rings. The molecule has 0 saturated heterocycles. The van der Waals surface area contributed by atoms with Crippen molar-refractivity contribution in [3.63, 3.8) is 0 Å². The Morgan fingerprint density at radius 3 is 1.96 bits per heavy atom. The molecule has 0 N–H and O–H groups in total. The van der Waals surface area contributed by atoms with E-state index in [-0.39, 0.29) is 5.78 Å². The van der Waals surface area contributed by atoms with Crippen LogP contribution in [0.2, 0.25) is 0 Å². The monoisotopic (exact) mass is 312 g/mol. The zero-order valence-electron chi connectivity index (χ0n) is 14.4. The van der Waals surface area contributed by atoms with Crippen molar-refractivity contribution in [1.29, 1.82) is 0 Å². The molecule has 2 aromatic carbocycles. The van der Waals surface area contributed by atoms with E-state index in [0.29, 0.717) is 11.1 Å². The number of hydrogen-bond donors (Lipinski definition) is 0. The van der Waals surface area contributed by atoms with E-state index < -0.39 is 11.2 Å². The number of carbonyl (C=O) groups is 1. The molecule has 122 valence electrons. The maximum absolute atomic E-state index is 12.8. The summed E-state index contributed by atoms with van der Waals surface area (Å²) in [6.07, 6.45) is 0. The van der Waals surface area contributed by atoms with Crippen LogP contribution < -0.4 is 0 Å². The maximum Gasteiger partial charge on any atom is 0.193 e. The van der Waals surface area contributed by atoms with Crippen molar-refractivity contribution >= 4 is 5.78 Å². The van der Waals surface area contributed by atoms with Gasteiger partial charge in [0.1, 0.15) is 5.60 Å². The SMILES string of the molecule is CC(C)(C)OOC(C)(C)c1ccccc1C(=O)c1ccccc1. The minimum absolute atomic E-state index is 0.0198.